The summed E-state index contributed by atoms with van der Waals surface area (Å²) in [7, 11) is 0. The number of benzene rings is 1. The maximum Gasteiger partial charge on any atom is 0.245 e. The second-order valence-corrected chi connectivity index (χ2v) is 12.7. The van der Waals surface area contributed by atoms with Gasteiger partial charge in [-0.25, -0.2) is 0 Å². The standard InChI is InChI=1S/C30H43BrN4O7/c1-2-41-21-9-7-20(8-10-21)33-27(37)23-24-29(39)35(12-5-3-4-6-16-36)26(30(24)19-22(31)25(23)42-30)28(38)32-11-13-34-14-17-40-18-15-34/h7-10,22-26,36H,2-6,11-19H2,1H3,(H,32,38)(H,33,37)/t22?,23-,24-,25-,26?,30?/m0/s1. The number of nitrogens with one attached hydrogen (secondary N) is 2. The zero-order valence-corrected chi connectivity index (χ0v) is 25.9. The van der Waals surface area contributed by atoms with Crippen molar-refractivity contribution in [1.82, 2.24) is 15.1 Å². The Morgan fingerprint density at radius 3 is 2.55 bits per heavy atom. The van der Waals surface area contributed by atoms with Crippen LogP contribution in [-0.2, 0) is 23.9 Å². The van der Waals surface area contributed by atoms with Crippen molar-refractivity contribution in [2.75, 3.05) is 64.5 Å². The van der Waals surface area contributed by atoms with Gasteiger partial charge in [-0.05, 0) is 50.5 Å². The van der Waals surface area contributed by atoms with E-state index in [0.717, 1.165) is 25.9 Å². The van der Waals surface area contributed by atoms with Gasteiger partial charge < -0.3 is 34.9 Å². The molecule has 5 rings (SSSR count). The summed E-state index contributed by atoms with van der Waals surface area (Å²) in [5.41, 5.74) is -0.472. The average Bonchev–Trinajstić information content (AvgIpc) is 3.58. The largest absolute Gasteiger partial charge is 0.494 e. The van der Waals surface area contributed by atoms with E-state index in [4.69, 9.17) is 19.3 Å². The highest BCUT2D eigenvalue weighted by Gasteiger charge is 2.76. The molecule has 0 aliphatic carbocycles. The first-order valence-corrected chi connectivity index (χ1v) is 16.2. The number of rotatable bonds is 14. The zero-order valence-electron chi connectivity index (χ0n) is 24.3. The normalized spacial score (nSPS) is 30.4. The highest BCUT2D eigenvalue weighted by molar-refractivity contribution is 9.09. The van der Waals surface area contributed by atoms with Crippen LogP contribution >= 0.6 is 15.9 Å². The number of morpholine rings is 1. The number of hydrogen-bond acceptors (Lipinski definition) is 8. The summed E-state index contributed by atoms with van der Waals surface area (Å²) in [6.45, 7) is 7.16. The van der Waals surface area contributed by atoms with Gasteiger partial charge in [-0.2, -0.15) is 0 Å². The molecule has 3 N–H and O–H groups in total. The third kappa shape index (κ3) is 6.33. The van der Waals surface area contributed by atoms with E-state index in [1.165, 1.54) is 0 Å². The van der Waals surface area contributed by atoms with Crippen LogP contribution in [0.25, 0.3) is 0 Å². The second-order valence-electron chi connectivity index (χ2n) is 11.5. The van der Waals surface area contributed by atoms with Gasteiger partial charge in [0.15, 0.2) is 0 Å². The van der Waals surface area contributed by atoms with Crippen molar-refractivity contribution < 1.29 is 33.7 Å². The van der Waals surface area contributed by atoms with Gasteiger partial charge in [0, 0.05) is 49.8 Å². The monoisotopic (exact) mass is 650 g/mol. The molecule has 6 atom stereocenters. The first-order valence-electron chi connectivity index (χ1n) is 15.2. The predicted molar refractivity (Wildman–Crippen MR) is 159 cm³/mol. The summed E-state index contributed by atoms with van der Waals surface area (Å²) in [5.74, 6) is -1.48. The first kappa shape index (κ1) is 31.2. The van der Waals surface area contributed by atoms with Crippen molar-refractivity contribution in [2.45, 2.75) is 61.6 Å². The Hall–Kier alpha value is -2.25. The number of alkyl halides is 1. The Balaban J connectivity index is 1.33. The number of carbonyl (C=O) groups excluding carboxylic acids is 3. The van der Waals surface area contributed by atoms with E-state index >= 15 is 0 Å². The van der Waals surface area contributed by atoms with Crippen LogP contribution in [0, 0.1) is 11.8 Å². The van der Waals surface area contributed by atoms with Gasteiger partial charge in [0.05, 0.1) is 37.8 Å². The van der Waals surface area contributed by atoms with Crippen molar-refractivity contribution in [3.63, 3.8) is 0 Å². The quantitative estimate of drug-likeness (QED) is 0.205. The van der Waals surface area contributed by atoms with Crippen LogP contribution < -0.4 is 15.4 Å². The van der Waals surface area contributed by atoms with Gasteiger partial charge in [0.1, 0.15) is 17.4 Å². The van der Waals surface area contributed by atoms with Crippen molar-refractivity contribution in [3.05, 3.63) is 24.3 Å². The van der Waals surface area contributed by atoms with Gasteiger partial charge in [-0.3, -0.25) is 19.3 Å². The van der Waals surface area contributed by atoms with Gasteiger partial charge in [0.2, 0.25) is 17.7 Å². The minimum atomic E-state index is -1.08. The van der Waals surface area contributed by atoms with Crippen LogP contribution in [-0.4, -0.2) is 114 Å². The average molecular weight is 652 g/mol. The van der Waals surface area contributed by atoms with Gasteiger partial charge in [0.25, 0.3) is 0 Å². The van der Waals surface area contributed by atoms with Crippen LogP contribution in [0.2, 0.25) is 0 Å². The molecule has 3 amide bonds. The van der Waals surface area contributed by atoms with E-state index in [1.54, 1.807) is 29.2 Å². The van der Waals surface area contributed by atoms with Gasteiger partial charge in [-0.15, -0.1) is 0 Å². The number of carbonyl (C=O) groups is 3. The summed E-state index contributed by atoms with van der Waals surface area (Å²) < 4.78 is 17.5. The number of nitrogens with zero attached hydrogens (tertiary/aromatic N) is 2. The number of halogens is 1. The van der Waals surface area contributed by atoms with Crippen LogP contribution in [0.1, 0.15) is 39.0 Å². The molecule has 42 heavy (non-hydrogen) atoms. The molecule has 4 aliphatic heterocycles. The molecular formula is C30H43BrN4O7. The number of aliphatic hydroxyl groups excluding tert-OH is 1. The molecular weight excluding hydrogens is 608 g/mol. The summed E-state index contributed by atoms with van der Waals surface area (Å²) in [6.07, 6.45) is 3.05. The number of unbranched alkanes of at least 4 members (excludes halogenated alkanes) is 3. The number of anilines is 1. The summed E-state index contributed by atoms with van der Waals surface area (Å²) in [5, 5.41) is 15.2. The Morgan fingerprint density at radius 1 is 1.10 bits per heavy atom. The molecule has 0 radical (unpaired) electrons. The highest BCUT2D eigenvalue weighted by atomic mass is 79.9. The number of hydrogen-bond donors (Lipinski definition) is 3. The van der Waals surface area contributed by atoms with Crippen molar-refractivity contribution >= 4 is 39.3 Å². The number of amides is 3. The Bertz CT molecular complexity index is 1100. The first-order chi connectivity index (χ1) is 20.4. The molecule has 4 fully saturated rings. The molecule has 12 heteroatoms. The minimum absolute atomic E-state index is 0.134. The molecule has 232 valence electrons. The van der Waals surface area contributed by atoms with Crippen LogP contribution in [0.15, 0.2) is 24.3 Å². The predicted octanol–water partition coefficient (Wildman–Crippen LogP) is 1.77. The fourth-order valence-electron chi connectivity index (χ4n) is 7.00. The number of ether oxygens (including phenoxy) is 3. The highest BCUT2D eigenvalue weighted by Crippen LogP contribution is 2.60. The molecule has 1 spiro atoms. The topological polar surface area (TPSA) is 130 Å². The number of fused-ring (bicyclic) bond motifs is 1. The molecule has 11 nitrogen and oxygen atoms in total. The molecule has 4 saturated heterocycles. The fraction of sp³-hybridized carbons (Fsp3) is 0.700. The zero-order chi connectivity index (χ0) is 29.7. The lowest BCUT2D eigenvalue weighted by atomic mass is 9.70. The molecule has 0 aromatic heterocycles. The van der Waals surface area contributed by atoms with Crippen LogP contribution in [0.4, 0.5) is 5.69 Å². The fourth-order valence-corrected chi connectivity index (χ4v) is 7.95. The summed E-state index contributed by atoms with van der Waals surface area (Å²) in [6, 6.07) is 6.32. The molecule has 1 aromatic carbocycles. The van der Waals surface area contributed by atoms with Gasteiger partial charge >= 0.3 is 0 Å². The maximum atomic E-state index is 14.1. The lowest BCUT2D eigenvalue weighted by Crippen LogP contribution is -2.56. The molecule has 3 unspecified atom stereocenters. The lowest BCUT2D eigenvalue weighted by molar-refractivity contribution is -0.141. The Kier molecular flexibility index (Phi) is 10.4. The van der Waals surface area contributed by atoms with E-state index in [2.05, 4.69) is 31.5 Å². The van der Waals surface area contributed by atoms with E-state index in [0.29, 0.717) is 70.2 Å². The molecule has 0 saturated carbocycles. The van der Waals surface area contributed by atoms with Crippen molar-refractivity contribution in [1.29, 1.82) is 0 Å². The van der Waals surface area contributed by atoms with E-state index < -0.39 is 29.6 Å². The van der Waals surface area contributed by atoms with Crippen molar-refractivity contribution in [3.8, 4) is 5.75 Å². The third-order valence-electron chi connectivity index (χ3n) is 8.91. The second kappa shape index (κ2) is 14.0. The maximum absolute atomic E-state index is 14.1. The van der Waals surface area contributed by atoms with E-state index in [9.17, 15) is 14.4 Å². The molecule has 4 heterocycles. The minimum Gasteiger partial charge on any atom is -0.494 e. The molecule has 2 bridgehead atoms. The summed E-state index contributed by atoms with van der Waals surface area (Å²) in [4.78, 5) is 45.5. The van der Waals surface area contributed by atoms with Crippen LogP contribution in [0.3, 0.4) is 0 Å². The van der Waals surface area contributed by atoms with E-state index in [1.807, 2.05) is 6.92 Å². The Morgan fingerprint density at radius 2 is 1.83 bits per heavy atom. The van der Waals surface area contributed by atoms with E-state index in [-0.39, 0.29) is 29.2 Å². The number of likely N-dealkylation sites (tertiary alicyclic amines) is 1. The smallest absolute Gasteiger partial charge is 0.245 e. The molecule has 1 aromatic rings. The lowest BCUT2D eigenvalue weighted by Gasteiger charge is -2.34. The molecule has 4 aliphatic rings. The Labute approximate surface area is 255 Å². The van der Waals surface area contributed by atoms with Gasteiger partial charge in [-0.1, -0.05) is 28.8 Å². The summed E-state index contributed by atoms with van der Waals surface area (Å²) >= 11 is 3.72. The number of aliphatic hydroxyl groups is 1. The SMILES string of the molecule is CCOc1ccc(NC(=O)[C@H]2[C@H]3C(=O)N(CCCCCCO)C(C(=O)NCCN4CCOCC4)C34CC(Br)[C@@H]2O4)cc1. The third-order valence-corrected chi connectivity index (χ3v) is 9.76. The van der Waals surface area contributed by atoms with Crippen molar-refractivity contribution in [2.24, 2.45) is 11.8 Å². The van der Waals surface area contributed by atoms with Crippen LogP contribution in [0.5, 0.6) is 5.75 Å².